The fourth-order valence-electron chi connectivity index (χ4n) is 5.30. The van der Waals surface area contributed by atoms with Crippen molar-refractivity contribution in [3.8, 4) is 0 Å². The number of hydrogen-bond donors (Lipinski definition) is 0. The van der Waals surface area contributed by atoms with Crippen LogP contribution in [-0.4, -0.2) is 71.8 Å². The van der Waals surface area contributed by atoms with Crippen molar-refractivity contribution >= 4 is 11.8 Å². The predicted octanol–water partition coefficient (Wildman–Crippen LogP) is 3.08. The Morgan fingerprint density at radius 1 is 1.03 bits per heavy atom. The molecule has 30 heavy (non-hydrogen) atoms. The standard InChI is InChI=1S/C24H34FN3O2/c25-21-6-4-5-19(17-21)11-12-28-18-20(9-10-23(28)29)24(30)27-15-13-26(14-16-27)22-7-2-1-3-8-22/h4-6,17,20,22H,1-3,7-16,18H2/t20-/m0/s1. The molecule has 1 atom stereocenters. The van der Waals surface area contributed by atoms with Crippen molar-refractivity contribution in [2.45, 2.75) is 57.4 Å². The molecule has 2 amide bonds. The van der Waals surface area contributed by atoms with Crippen LogP contribution in [0.1, 0.15) is 50.5 Å². The zero-order valence-electron chi connectivity index (χ0n) is 17.9. The van der Waals surface area contributed by atoms with Gasteiger partial charge in [0.25, 0.3) is 0 Å². The minimum Gasteiger partial charge on any atom is -0.342 e. The molecule has 0 spiro atoms. The fourth-order valence-corrected chi connectivity index (χ4v) is 5.30. The highest BCUT2D eigenvalue weighted by atomic mass is 19.1. The molecule has 4 rings (SSSR count). The van der Waals surface area contributed by atoms with Crippen LogP contribution in [0.15, 0.2) is 24.3 Å². The van der Waals surface area contributed by atoms with E-state index >= 15 is 0 Å². The molecule has 2 aliphatic heterocycles. The van der Waals surface area contributed by atoms with Gasteiger partial charge in [0, 0.05) is 51.7 Å². The molecular weight excluding hydrogens is 381 g/mol. The molecule has 1 saturated carbocycles. The Hall–Kier alpha value is -1.95. The molecule has 0 bridgehead atoms. The first-order chi connectivity index (χ1) is 14.6. The summed E-state index contributed by atoms with van der Waals surface area (Å²) in [5.41, 5.74) is 0.884. The van der Waals surface area contributed by atoms with Gasteiger partial charge in [-0.1, -0.05) is 31.4 Å². The third-order valence-electron chi connectivity index (χ3n) is 7.13. The number of rotatable bonds is 5. The van der Waals surface area contributed by atoms with E-state index in [1.54, 1.807) is 11.0 Å². The van der Waals surface area contributed by atoms with Crippen LogP contribution in [0.5, 0.6) is 0 Å². The van der Waals surface area contributed by atoms with Crippen LogP contribution in [0.25, 0.3) is 0 Å². The SMILES string of the molecule is O=C1CC[C@H](C(=O)N2CCN(C3CCCCC3)CC2)CN1CCc1cccc(F)c1. The summed E-state index contributed by atoms with van der Waals surface area (Å²) in [4.78, 5) is 31.9. The summed E-state index contributed by atoms with van der Waals surface area (Å²) in [5, 5.41) is 0. The van der Waals surface area contributed by atoms with E-state index in [4.69, 9.17) is 0 Å². The lowest BCUT2D eigenvalue weighted by Gasteiger charge is -2.42. The van der Waals surface area contributed by atoms with Crippen molar-refractivity contribution in [1.29, 1.82) is 0 Å². The molecule has 0 N–H and O–H groups in total. The van der Waals surface area contributed by atoms with E-state index in [0.29, 0.717) is 38.4 Å². The van der Waals surface area contributed by atoms with Gasteiger partial charge in [-0.3, -0.25) is 14.5 Å². The maximum absolute atomic E-state index is 13.4. The van der Waals surface area contributed by atoms with E-state index in [0.717, 1.165) is 31.7 Å². The first kappa shape index (κ1) is 21.3. The molecule has 5 nitrogen and oxygen atoms in total. The molecular formula is C24H34FN3O2. The second kappa shape index (κ2) is 9.90. The molecule has 3 aliphatic rings. The zero-order valence-corrected chi connectivity index (χ0v) is 17.9. The average Bonchev–Trinajstić information content (AvgIpc) is 2.79. The van der Waals surface area contributed by atoms with Gasteiger partial charge in [0.1, 0.15) is 5.82 Å². The molecule has 164 valence electrons. The monoisotopic (exact) mass is 415 g/mol. The van der Waals surface area contributed by atoms with E-state index in [1.807, 2.05) is 11.0 Å². The number of likely N-dealkylation sites (tertiary alicyclic amines) is 1. The van der Waals surface area contributed by atoms with Gasteiger partial charge in [-0.15, -0.1) is 0 Å². The van der Waals surface area contributed by atoms with Crippen LogP contribution in [0.4, 0.5) is 4.39 Å². The Bertz CT molecular complexity index is 742. The average molecular weight is 416 g/mol. The summed E-state index contributed by atoms with van der Waals surface area (Å²) < 4.78 is 13.4. The molecule has 1 aromatic rings. The number of carbonyl (C=O) groups excluding carboxylic acids is 2. The second-order valence-corrected chi connectivity index (χ2v) is 9.11. The van der Waals surface area contributed by atoms with E-state index < -0.39 is 0 Å². The van der Waals surface area contributed by atoms with Gasteiger partial charge in [0.2, 0.25) is 11.8 Å². The fraction of sp³-hybridized carbons (Fsp3) is 0.667. The lowest BCUT2D eigenvalue weighted by molar-refractivity contribution is -0.144. The molecule has 0 radical (unpaired) electrons. The highest BCUT2D eigenvalue weighted by molar-refractivity contribution is 5.84. The Morgan fingerprint density at radius 3 is 2.53 bits per heavy atom. The molecule has 0 unspecified atom stereocenters. The van der Waals surface area contributed by atoms with Gasteiger partial charge >= 0.3 is 0 Å². The maximum Gasteiger partial charge on any atom is 0.227 e. The second-order valence-electron chi connectivity index (χ2n) is 9.11. The lowest BCUT2D eigenvalue weighted by atomic mass is 9.93. The quantitative estimate of drug-likeness (QED) is 0.742. The molecule has 1 aliphatic carbocycles. The minimum absolute atomic E-state index is 0.101. The van der Waals surface area contributed by atoms with Crippen LogP contribution < -0.4 is 0 Å². The molecule has 2 saturated heterocycles. The van der Waals surface area contributed by atoms with Gasteiger partial charge in [-0.05, 0) is 43.4 Å². The summed E-state index contributed by atoms with van der Waals surface area (Å²) in [6.07, 6.45) is 8.35. The molecule has 1 aromatic carbocycles. The smallest absolute Gasteiger partial charge is 0.227 e. The largest absolute Gasteiger partial charge is 0.342 e. The number of benzene rings is 1. The van der Waals surface area contributed by atoms with E-state index in [1.165, 1.54) is 44.2 Å². The van der Waals surface area contributed by atoms with Crippen molar-refractivity contribution < 1.29 is 14.0 Å². The highest BCUT2D eigenvalue weighted by Crippen LogP contribution is 2.25. The Morgan fingerprint density at radius 2 is 1.80 bits per heavy atom. The van der Waals surface area contributed by atoms with Crippen molar-refractivity contribution in [3.05, 3.63) is 35.6 Å². The van der Waals surface area contributed by atoms with Gasteiger partial charge in [-0.2, -0.15) is 0 Å². The Balaban J connectivity index is 1.27. The number of piperazine rings is 1. The first-order valence-corrected chi connectivity index (χ1v) is 11.7. The topological polar surface area (TPSA) is 43.9 Å². The van der Waals surface area contributed by atoms with Crippen LogP contribution in [-0.2, 0) is 16.0 Å². The summed E-state index contributed by atoms with van der Waals surface area (Å²) in [5.74, 6) is -0.0338. The first-order valence-electron chi connectivity index (χ1n) is 11.7. The van der Waals surface area contributed by atoms with Crippen LogP contribution in [0.3, 0.4) is 0 Å². The number of nitrogens with zero attached hydrogens (tertiary/aromatic N) is 3. The Kier molecular flexibility index (Phi) is 7.03. The summed E-state index contributed by atoms with van der Waals surface area (Å²) in [7, 11) is 0. The van der Waals surface area contributed by atoms with Gasteiger partial charge in [0.15, 0.2) is 0 Å². The predicted molar refractivity (Wildman–Crippen MR) is 114 cm³/mol. The van der Waals surface area contributed by atoms with Crippen molar-refractivity contribution in [1.82, 2.24) is 14.7 Å². The van der Waals surface area contributed by atoms with Crippen LogP contribution in [0.2, 0.25) is 0 Å². The molecule has 3 fully saturated rings. The van der Waals surface area contributed by atoms with Crippen LogP contribution in [0, 0.1) is 11.7 Å². The van der Waals surface area contributed by atoms with Crippen molar-refractivity contribution in [3.63, 3.8) is 0 Å². The number of piperidine rings is 1. The molecule has 2 heterocycles. The van der Waals surface area contributed by atoms with Crippen molar-refractivity contribution in [2.24, 2.45) is 5.92 Å². The number of amides is 2. The normalized spacial score (nSPS) is 24.3. The third kappa shape index (κ3) is 5.20. The van der Waals surface area contributed by atoms with Gasteiger partial charge < -0.3 is 9.80 Å². The maximum atomic E-state index is 13.4. The molecule has 0 aromatic heterocycles. The van der Waals surface area contributed by atoms with E-state index in [2.05, 4.69) is 4.90 Å². The van der Waals surface area contributed by atoms with E-state index in [9.17, 15) is 14.0 Å². The van der Waals surface area contributed by atoms with E-state index in [-0.39, 0.29) is 23.5 Å². The minimum atomic E-state index is -0.252. The van der Waals surface area contributed by atoms with Crippen molar-refractivity contribution in [2.75, 3.05) is 39.3 Å². The third-order valence-corrected chi connectivity index (χ3v) is 7.13. The number of halogens is 1. The van der Waals surface area contributed by atoms with Gasteiger partial charge in [0.05, 0.1) is 5.92 Å². The lowest BCUT2D eigenvalue weighted by Crippen LogP contribution is -2.55. The highest BCUT2D eigenvalue weighted by Gasteiger charge is 2.34. The summed E-state index contributed by atoms with van der Waals surface area (Å²) in [6, 6.07) is 7.23. The van der Waals surface area contributed by atoms with Gasteiger partial charge in [-0.25, -0.2) is 4.39 Å². The zero-order chi connectivity index (χ0) is 20.9. The number of hydrogen-bond acceptors (Lipinski definition) is 3. The Labute approximate surface area is 179 Å². The molecule has 6 heteroatoms. The number of carbonyl (C=O) groups is 2. The van der Waals surface area contributed by atoms with Crippen LogP contribution >= 0.6 is 0 Å². The summed E-state index contributed by atoms with van der Waals surface area (Å²) in [6.45, 7) is 4.61. The summed E-state index contributed by atoms with van der Waals surface area (Å²) >= 11 is 0.